The van der Waals surface area contributed by atoms with Crippen LogP contribution in [0.3, 0.4) is 0 Å². The lowest BCUT2D eigenvalue weighted by molar-refractivity contribution is 0.871. The lowest BCUT2D eigenvalue weighted by atomic mass is 10.1. The van der Waals surface area contributed by atoms with Crippen LogP contribution in [0.4, 0.5) is 5.82 Å². The molecule has 1 heterocycles. The minimum atomic E-state index is 0.182. The second kappa shape index (κ2) is 5.15. The molecule has 0 radical (unpaired) electrons. The van der Waals surface area contributed by atoms with Crippen molar-refractivity contribution < 1.29 is 0 Å². The molecule has 88 valence electrons. The van der Waals surface area contributed by atoms with E-state index >= 15 is 0 Å². The van der Waals surface area contributed by atoms with Gasteiger partial charge in [-0.2, -0.15) is 0 Å². The Morgan fingerprint density at radius 2 is 1.88 bits per heavy atom. The maximum absolute atomic E-state index is 5.80. The van der Waals surface area contributed by atoms with Crippen LogP contribution in [-0.2, 0) is 0 Å². The number of aromatic nitrogens is 2. The highest BCUT2D eigenvalue weighted by molar-refractivity contribution is 6.29. The third kappa shape index (κ3) is 3.17. The van der Waals surface area contributed by atoms with Gasteiger partial charge in [0.15, 0.2) is 0 Å². The first kappa shape index (κ1) is 11.9. The third-order valence-corrected chi connectivity index (χ3v) is 2.78. The zero-order valence-electron chi connectivity index (χ0n) is 9.81. The molecule has 0 aliphatic carbocycles. The SMILES string of the molecule is Cc1ccc(C(C)Nc2cc(Cl)ncn2)cc1. The normalized spacial score (nSPS) is 12.2. The zero-order valence-corrected chi connectivity index (χ0v) is 10.6. The molecule has 2 rings (SSSR count). The van der Waals surface area contributed by atoms with Gasteiger partial charge in [0.1, 0.15) is 17.3 Å². The molecule has 3 nitrogen and oxygen atoms in total. The smallest absolute Gasteiger partial charge is 0.134 e. The summed E-state index contributed by atoms with van der Waals surface area (Å²) in [5.41, 5.74) is 2.47. The standard InChI is InChI=1S/C13H14ClN3/c1-9-3-5-11(6-4-9)10(2)17-13-7-12(14)15-8-16-13/h3-8,10H,1-2H3,(H,15,16,17). The molecule has 0 spiro atoms. The van der Waals surface area contributed by atoms with E-state index in [0.29, 0.717) is 5.15 Å². The van der Waals surface area contributed by atoms with E-state index in [-0.39, 0.29) is 6.04 Å². The van der Waals surface area contributed by atoms with Crippen molar-refractivity contribution in [3.05, 3.63) is 52.9 Å². The fourth-order valence-electron chi connectivity index (χ4n) is 1.57. The number of aryl methyl sites for hydroxylation is 1. The van der Waals surface area contributed by atoms with E-state index in [2.05, 4.69) is 53.4 Å². The number of hydrogen-bond donors (Lipinski definition) is 1. The minimum absolute atomic E-state index is 0.182. The van der Waals surface area contributed by atoms with Crippen LogP contribution in [0, 0.1) is 6.92 Å². The number of benzene rings is 1. The fourth-order valence-corrected chi connectivity index (χ4v) is 1.72. The molecule has 0 fully saturated rings. The van der Waals surface area contributed by atoms with E-state index < -0.39 is 0 Å². The molecule has 0 amide bonds. The molecule has 0 saturated heterocycles. The van der Waals surface area contributed by atoms with Crippen LogP contribution in [0.1, 0.15) is 24.1 Å². The highest BCUT2D eigenvalue weighted by Crippen LogP contribution is 2.19. The highest BCUT2D eigenvalue weighted by Gasteiger charge is 2.05. The number of rotatable bonds is 3. The van der Waals surface area contributed by atoms with Gasteiger partial charge in [-0.25, -0.2) is 9.97 Å². The molecule has 1 aromatic carbocycles. The van der Waals surface area contributed by atoms with Gasteiger partial charge < -0.3 is 5.32 Å². The molecule has 0 aliphatic heterocycles. The van der Waals surface area contributed by atoms with E-state index in [9.17, 15) is 0 Å². The van der Waals surface area contributed by atoms with E-state index in [4.69, 9.17) is 11.6 Å². The first-order valence-corrected chi connectivity index (χ1v) is 5.83. The van der Waals surface area contributed by atoms with Crippen molar-refractivity contribution >= 4 is 17.4 Å². The van der Waals surface area contributed by atoms with Crippen molar-refractivity contribution in [3.63, 3.8) is 0 Å². The number of anilines is 1. The molecule has 2 aromatic rings. The summed E-state index contributed by atoms with van der Waals surface area (Å²) in [6, 6.07) is 10.3. The summed E-state index contributed by atoms with van der Waals surface area (Å²) in [5.74, 6) is 0.734. The molecule has 0 saturated carbocycles. The van der Waals surface area contributed by atoms with Crippen LogP contribution in [-0.4, -0.2) is 9.97 Å². The summed E-state index contributed by atoms with van der Waals surface area (Å²) >= 11 is 5.80. The van der Waals surface area contributed by atoms with Crippen LogP contribution in [0.25, 0.3) is 0 Å². The summed E-state index contributed by atoms with van der Waals surface area (Å²) < 4.78 is 0. The summed E-state index contributed by atoms with van der Waals surface area (Å²) in [7, 11) is 0. The maximum atomic E-state index is 5.80. The lowest BCUT2D eigenvalue weighted by Crippen LogP contribution is -2.07. The molecule has 0 bridgehead atoms. The summed E-state index contributed by atoms with van der Waals surface area (Å²) in [4.78, 5) is 7.96. The van der Waals surface area contributed by atoms with Crippen LogP contribution < -0.4 is 5.32 Å². The van der Waals surface area contributed by atoms with Gasteiger partial charge in [0.25, 0.3) is 0 Å². The first-order valence-electron chi connectivity index (χ1n) is 5.46. The van der Waals surface area contributed by atoms with Gasteiger partial charge in [0.2, 0.25) is 0 Å². The van der Waals surface area contributed by atoms with Gasteiger partial charge in [-0.05, 0) is 19.4 Å². The Morgan fingerprint density at radius 3 is 2.53 bits per heavy atom. The highest BCUT2D eigenvalue weighted by atomic mass is 35.5. The average Bonchev–Trinajstić information content (AvgIpc) is 2.29. The summed E-state index contributed by atoms with van der Waals surface area (Å²) in [6.07, 6.45) is 1.45. The Balaban J connectivity index is 2.11. The van der Waals surface area contributed by atoms with Crippen LogP contribution in [0.2, 0.25) is 5.15 Å². The van der Waals surface area contributed by atoms with Crippen LogP contribution in [0.15, 0.2) is 36.7 Å². The van der Waals surface area contributed by atoms with Crippen LogP contribution in [0.5, 0.6) is 0 Å². The van der Waals surface area contributed by atoms with E-state index in [0.717, 1.165) is 5.82 Å². The molecule has 1 aromatic heterocycles. The zero-order chi connectivity index (χ0) is 12.3. The average molecular weight is 248 g/mol. The lowest BCUT2D eigenvalue weighted by Gasteiger charge is -2.14. The molecule has 1 atom stereocenters. The minimum Gasteiger partial charge on any atom is -0.363 e. The van der Waals surface area contributed by atoms with E-state index in [1.165, 1.54) is 17.5 Å². The molecule has 1 unspecified atom stereocenters. The molecular weight excluding hydrogens is 234 g/mol. The second-order valence-electron chi connectivity index (χ2n) is 4.00. The van der Waals surface area contributed by atoms with E-state index in [1.54, 1.807) is 6.07 Å². The van der Waals surface area contributed by atoms with Crippen molar-refractivity contribution in [2.75, 3.05) is 5.32 Å². The first-order chi connectivity index (χ1) is 8.15. The van der Waals surface area contributed by atoms with Crippen molar-refractivity contribution in [2.45, 2.75) is 19.9 Å². The Kier molecular flexibility index (Phi) is 3.59. The van der Waals surface area contributed by atoms with Crippen molar-refractivity contribution in [1.82, 2.24) is 9.97 Å². The number of halogens is 1. The molecule has 0 aliphatic rings. The van der Waals surface area contributed by atoms with Crippen molar-refractivity contribution in [3.8, 4) is 0 Å². The third-order valence-electron chi connectivity index (χ3n) is 2.58. The predicted octanol–water partition coefficient (Wildman–Crippen LogP) is 3.61. The Hall–Kier alpha value is -1.61. The maximum Gasteiger partial charge on any atom is 0.134 e. The van der Waals surface area contributed by atoms with Gasteiger partial charge in [-0.3, -0.25) is 0 Å². The van der Waals surface area contributed by atoms with Gasteiger partial charge in [0, 0.05) is 12.1 Å². The van der Waals surface area contributed by atoms with Crippen molar-refractivity contribution in [1.29, 1.82) is 0 Å². The van der Waals surface area contributed by atoms with Crippen molar-refractivity contribution in [2.24, 2.45) is 0 Å². The summed E-state index contributed by atoms with van der Waals surface area (Å²) in [5, 5.41) is 3.73. The quantitative estimate of drug-likeness (QED) is 0.842. The summed E-state index contributed by atoms with van der Waals surface area (Å²) in [6.45, 7) is 4.16. The number of hydrogen-bond acceptors (Lipinski definition) is 3. The topological polar surface area (TPSA) is 37.8 Å². The molecule has 4 heteroatoms. The largest absolute Gasteiger partial charge is 0.363 e. The molecule has 17 heavy (non-hydrogen) atoms. The predicted molar refractivity (Wildman–Crippen MR) is 70.3 cm³/mol. The Labute approximate surface area is 106 Å². The monoisotopic (exact) mass is 247 g/mol. The van der Waals surface area contributed by atoms with E-state index in [1.807, 2.05) is 0 Å². The number of nitrogens with zero attached hydrogens (tertiary/aromatic N) is 2. The van der Waals surface area contributed by atoms with Crippen LogP contribution >= 0.6 is 11.6 Å². The fraction of sp³-hybridized carbons (Fsp3) is 0.231. The van der Waals surface area contributed by atoms with Gasteiger partial charge in [-0.1, -0.05) is 41.4 Å². The second-order valence-corrected chi connectivity index (χ2v) is 4.39. The Morgan fingerprint density at radius 1 is 1.18 bits per heavy atom. The number of nitrogens with one attached hydrogen (secondary N) is 1. The molecule has 1 N–H and O–H groups in total. The van der Waals surface area contributed by atoms with Gasteiger partial charge in [0.05, 0.1) is 0 Å². The van der Waals surface area contributed by atoms with Gasteiger partial charge in [-0.15, -0.1) is 0 Å². The molecular formula is C13H14ClN3. The Bertz CT molecular complexity index is 496. The van der Waals surface area contributed by atoms with Gasteiger partial charge >= 0.3 is 0 Å².